The van der Waals surface area contributed by atoms with Gasteiger partial charge in [-0.05, 0) is 55.7 Å². The van der Waals surface area contributed by atoms with Crippen molar-refractivity contribution < 1.29 is 9.59 Å². The zero-order valence-corrected chi connectivity index (χ0v) is 18.8. The highest BCUT2D eigenvalue weighted by molar-refractivity contribution is 6.02. The van der Waals surface area contributed by atoms with Crippen LogP contribution in [0.15, 0.2) is 36.2 Å². The van der Waals surface area contributed by atoms with Gasteiger partial charge in [-0.3, -0.25) is 24.5 Å². The highest BCUT2D eigenvalue weighted by atomic mass is 16.1. The molecular weight excluding hydrogens is 388 g/mol. The van der Waals surface area contributed by atoms with Gasteiger partial charge in [-0.15, -0.1) is 0 Å². The first kappa shape index (κ1) is 21.4. The Labute approximate surface area is 184 Å². The molecule has 2 aliphatic rings. The van der Waals surface area contributed by atoms with E-state index in [1.165, 1.54) is 0 Å². The lowest BCUT2D eigenvalue weighted by molar-refractivity contribution is -0.114. The van der Waals surface area contributed by atoms with Crippen molar-refractivity contribution in [1.29, 1.82) is 0 Å². The molecule has 0 unspecified atom stereocenters. The van der Waals surface area contributed by atoms with E-state index in [1.54, 1.807) is 0 Å². The summed E-state index contributed by atoms with van der Waals surface area (Å²) in [5.74, 6) is 0.255. The van der Waals surface area contributed by atoms with Crippen LogP contribution in [-0.4, -0.2) is 52.1 Å². The Morgan fingerprint density at radius 1 is 1.23 bits per heavy atom. The summed E-state index contributed by atoms with van der Waals surface area (Å²) in [4.78, 5) is 37.7. The maximum atomic E-state index is 12.1. The maximum Gasteiger partial charge on any atom is 0.180 e. The molecule has 162 valence electrons. The predicted octanol–water partition coefficient (Wildman–Crippen LogP) is 3.87. The molecule has 0 aromatic carbocycles. The number of anilines is 1. The third-order valence-electron chi connectivity index (χ3n) is 6.54. The number of fused-ring (bicyclic) bond motifs is 1. The van der Waals surface area contributed by atoms with Crippen molar-refractivity contribution >= 4 is 23.3 Å². The Kier molecular flexibility index (Phi) is 6.01. The second-order valence-corrected chi connectivity index (χ2v) is 8.63. The average Bonchev–Trinajstić information content (AvgIpc) is 2.78. The zero-order chi connectivity index (χ0) is 22.1. The molecule has 1 saturated heterocycles. The van der Waals surface area contributed by atoms with Gasteiger partial charge in [0.2, 0.25) is 0 Å². The van der Waals surface area contributed by atoms with Crippen molar-refractivity contribution in [2.75, 3.05) is 24.5 Å². The normalized spacial score (nSPS) is 20.3. The third kappa shape index (κ3) is 4.30. The number of piperazine rings is 1. The van der Waals surface area contributed by atoms with Crippen LogP contribution in [0.5, 0.6) is 0 Å². The fourth-order valence-corrected chi connectivity index (χ4v) is 4.47. The van der Waals surface area contributed by atoms with Gasteiger partial charge in [0.1, 0.15) is 5.69 Å². The minimum Gasteiger partial charge on any atom is -0.365 e. The minimum atomic E-state index is 0.0734. The SMILES string of the molecule is CCC(=O)c1ccc(N2CCN([C@H](C)c3cnc4c(c3)CC(=O)C(C)=C4)C[C@H]2C)cn1. The van der Waals surface area contributed by atoms with Crippen LogP contribution in [0, 0.1) is 0 Å². The number of carbonyl (C=O) groups is 2. The Morgan fingerprint density at radius 3 is 2.71 bits per heavy atom. The van der Waals surface area contributed by atoms with Crippen molar-refractivity contribution in [2.45, 2.75) is 52.6 Å². The van der Waals surface area contributed by atoms with Gasteiger partial charge in [0, 0.05) is 50.8 Å². The lowest BCUT2D eigenvalue weighted by Crippen LogP contribution is -2.52. The van der Waals surface area contributed by atoms with Gasteiger partial charge in [-0.25, -0.2) is 0 Å². The second kappa shape index (κ2) is 8.71. The van der Waals surface area contributed by atoms with Gasteiger partial charge >= 0.3 is 0 Å². The molecule has 0 N–H and O–H groups in total. The highest BCUT2D eigenvalue weighted by Gasteiger charge is 2.28. The lowest BCUT2D eigenvalue weighted by Gasteiger charge is -2.43. The van der Waals surface area contributed by atoms with Crippen molar-refractivity contribution in [1.82, 2.24) is 14.9 Å². The molecule has 0 radical (unpaired) electrons. The Bertz CT molecular complexity index is 1030. The fraction of sp³-hybridized carbons (Fsp3) is 0.440. The Hall–Kier alpha value is -2.86. The molecule has 2 atom stereocenters. The Morgan fingerprint density at radius 2 is 2.03 bits per heavy atom. The quantitative estimate of drug-likeness (QED) is 0.687. The summed E-state index contributed by atoms with van der Waals surface area (Å²) in [6, 6.07) is 6.54. The van der Waals surface area contributed by atoms with E-state index in [9.17, 15) is 9.59 Å². The number of pyridine rings is 2. The molecule has 1 aliphatic heterocycles. The van der Waals surface area contributed by atoms with Gasteiger partial charge in [0.15, 0.2) is 11.6 Å². The molecule has 0 bridgehead atoms. The third-order valence-corrected chi connectivity index (χ3v) is 6.54. The topological polar surface area (TPSA) is 66.4 Å². The number of rotatable bonds is 5. The number of aromatic nitrogens is 2. The van der Waals surface area contributed by atoms with E-state index >= 15 is 0 Å². The van der Waals surface area contributed by atoms with Crippen LogP contribution in [0.1, 0.15) is 67.5 Å². The minimum absolute atomic E-state index is 0.0734. The van der Waals surface area contributed by atoms with E-state index in [-0.39, 0.29) is 17.6 Å². The molecule has 6 nitrogen and oxygen atoms in total. The molecule has 6 heteroatoms. The number of nitrogens with zero attached hydrogens (tertiary/aromatic N) is 4. The van der Waals surface area contributed by atoms with Crippen LogP contribution in [0.4, 0.5) is 5.69 Å². The summed E-state index contributed by atoms with van der Waals surface area (Å²) < 4.78 is 0. The van der Waals surface area contributed by atoms with Crippen LogP contribution in [0.3, 0.4) is 0 Å². The average molecular weight is 419 g/mol. The number of carbonyl (C=O) groups excluding carboxylic acids is 2. The molecular formula is C25H30N4O2. The van der Waals surface area contributed by atoms with Crippen LogP contribution in [0.2, 0.25) is 0 Å². The summed E-state index contributed by atoms with van der Waals surface area (Å²) in [5.41, 5.74) is 5.48. The first-order valence-corrected chi connectivity index (χ1v) is 11.1. The van der Waals surface area contributed by atoms with Crippen molar-refractivity contribution in [2.24, 2.45) is 0 Å². The highest BCUT2D eigenvalue weighted by Crippen LogP contribution is 2.29. The lowest BCUT2D eigenvalue weighted by atomic mass is 9.93. The van der Waals surface area contributed by atoms with Gasteiger partial charge in [-0.1, -0.05) is 13.0 Å². The molecule has 4 rings (SSSR count). The van der Waals surface area contributed by atoms with Gasteiger partial charge in [-0.2, -0.15) is 0 Å². The molecule has 2 aromatic heterocycles. The predicted molar refractivity (Wildman–Crippen MR) is 122 cm³/mol. The van der Waals surface area contributed by atoms with Crippen LogP contribution in [-0.2, 0) is 11.2 Å². The number of hydrogen-bond donors (Lipinski definition) is 0. The molecule has 0 saturated carbocycles. The van der Waals surface area contributed by atoms with Crippen LogP contribution < -0.4 is 4.90 Å². The monoisotopic (exact) mass is 418 g/mol. The molecule has 31 heavy (non-hydrogen) atoms. The smallest absolute Gasteiger partial charge is 0.180 e. The van der Waals surface area contributed by atoms with E-state index < -0.39 is 0 Å². The van der Waals surface area contributed by atoms with E-state index in [4.69, 9.17) is 0 Å². The van der Waals surface area contributed by atoms with Gasteiger partial charge < -0.3 is 4.90 Å². The van der Waals surface area contributed by atoms with Crippen molar-refractivity contribution in [3.05, 3.63) is 58.7 Å². The van der Waals surface area contributed by atoms with Crippen LogP contribution in [0.25, 0.3) is 6.08 Å². The Balaban J connectivity index is 1.45. The number of Topliss-reactive ketones (excluding diaryl/α,β-unsaturated/α-hetero) is 2. The second-order valence-electron chi connectivity index (χ2n) is 8.63. The zero-order valence-electron chi connectivity index (χ0n) is 18.8. The molecule has 2 aromatic rings. The number of hydrogen-bond acceptors (Lipinski definition) is 6. The van der Waals surface area contributed by atoms with Crippen LogP contribution >= 0.6 is 0 Å². The van der Waals surface area contributed by atoms with Crippen molar-refractivity contribution in [3.8, 4) is 0 Å². The molecule has 1 fully saturated rings. The first-order valence-electron chi connectivity index (χ1n) is 11.1. The number of allylic oxidation sites excluding steroid dienone is 1. The summed E-state index contributed by atoms with van der Waals surface area (Å²) in [6.45, 7) is 10.9. The first-order chi connectivity index (χ1) is 14.9. The van der Waals surface area contributed by atoms with E-state index in [0.29, 0.717) is 24.6 Å². The molecule has 3 heterocycles. The summed E-state index contributed by atoms with van der Waals surface area (Å²) in [5, 5.41) is 0. The van der Waals surface area contributed by atoms with Gasteiger partial charge in [0.25, 0.3) is 0 Å². The maximum absolute atomic E-state index is 12.1. The summed E-state index contributed by atoms with van der Waals surface area (Å²) >= 11 is 0. The molecule has 0 amide bonds. The summed E-state index contributed by atoms with van der Waals surface area (Å²) in [6.07, 6.45) is 6.58. The largest absolute Gasteiger partial charge is 0.365 e. The van der Waals surface area contributed by atoms with E-state index in [1.807, 2.05) is 44.4 Å². The van der Waals surface area contributed by atoms with Gasteiger partial charge in [0.05, 0.1) is 17.6 Å². The van der Waals surface area contributed by atoms with E-state index in [0.717, 1.165) is 47.7 Å². The molecule has 1 aliphatic carbocycles. The molecule has 0 spiro atoms. The summed E-state index contributed by atoms with van der Waals surface area (Å²) in [7, 11) is 0. The van der Waals surface area contributed by atoms with E-state index in [2.05, 4.69) is 39.7 Å². The number of ketones is 2. The standard InChI is InChI=1S/C25H30N4O2/c1-5-24(30)22-7-6-21(14-27-22)29-9-8-28(15-17(29)3)18(4)20-11-19-12-25(31)16(2)10-23(19)26-13-20/h6-7,10-11,13-14,17-18H,5,8-9,12,15H2,1-4H3/t17-,18-/m1/s1. The fourth-order valence-electron chi connectivity index (χ4n) is 4.47. The van der Waals surface area contributed by atoms with Crippen molar-refractivity contribution in [3.63, 3.8) is 0 Å².